The van der Waals surface area contributed by atoms with Gasteiger partial charge in [-0.3, -0.25) is 19.5 Å². The number of carbonyl (C=O) groups is 2. The molecule has 2 N–H and O–H groups in total. The number of nitrogens with zero attached hydrogens (tertiary/aromatic N) is 3. The van der Waals surface area contributed by atoms with Gasteiger partial charge in [0.2, 0.25) is 15.9 Å². The highest BCUT2D eigenvalue weighted by atomic mass is 32.2. The third kappa shape index (κ3) is 6.24. The number of benzene rings is 1. The number of nitrogens with one attached hydrogen (secondary N) is 2. The van der Waals surface area contributed by atoms with Gasteiger partial charge in [-0.1, -0.05) is 19.1 Å². The summed E-state index contributed by atoms with van der Waals surface area (Å²) in [6.07, 6.45) is 8.26. The predicted octanol–water partition coefficient (Wildman–Crippen LogP) is 4.06. The summed E-state index contributed by atoms with van der Waals surface area (Å²) >= 11 is 0. The van der Waals surface area contributed by atoms with Gasteiger partial charge in [0.05, 0.1) is 29.4 Å². The molecular weight excluding hydrogens is 602 g/mol. The molecule has 4 heterocycles. The largest absolute Gasteiger partial charge is 0.379 e. The molecule has 3 aromatic rings. The topological polar surface area (TPSA) is 123 Å². The second-order valence-electron chi connectivity index (χ2n) is 13.4. The number of fused-ring (bicyclic) bond motifs is 1. The Morgan fingerprint density at radius 2 is 1.96 bits per heavy atom. The van der Waals surface area contributed by atoms with Gasteiger partial charge < -0.3 is 15.4 Å². The lowest BCUT2D eigenvalue weighted by Crippen LogP contribution is -2.50. The van der Waals surface area contributed by atoms with Gasteiger partial charge in [0.25, 0.3) is 5.91 Å². The van der Waals surface area contributed by atoms with Gasteiger partial charge in [-0.15, -0.1) is 6.58 Å². The number of rotatable bonds is 11. The number of piperidine rings is 1. The van der Waals surface area contributed by atoms with E-state index in [0.29, 0.717) is 46.9 Å². The minimum absolute atomic E-state index is 0.0596. The van der Waals surface area contributed by atoms with Crippen LogP contribution in [0, 0.1) is 18.8 Å². The van der Waals surface area contributed by atoms with Crippen molar-refractivity contribution in [2.75, 3.05) is 39.4 Å². The molecule has 3 atom stereocenters. The van der Waals surface area contributed by atoms with E-state index in [1.807, 2.05) is 45.0 Å². The van der Waals surface area contributed by atoms with Crippen molar-refractivity contribution in [2.24, 2.45) is 11.8 Å². The Morgan fingerprint density at radius 1 is 1.20 bits per heavy atom. The summed E-state index contributed by atoms with van der Waals surface area (Å²) in [7, 11) is -3.78. The van der Waals surface area contributed by atoms with Gasteiger partial charge in [-0.2, -0.15) is 0 Å². The number of allylic oxidation sites excluding steroid dienone is 1. The fraction of sp³-hybridized carbons (Fsp3) is 0.514. The first-order valence-corrected chi connectivity index (χ1v) is 17.8. The highest BCUT2D eigenvalue weighted by molar-refractivity contribution is 7.91. The Hall–Kier alpha value is -3.54. The van der Waals surface area contributed by atoms with Gasteiger partial charge in [-0.25, -0.2) is 12.4 Å². The predicted molar refractivity (Wildman–Crippen MR) is 179 cm³/mol. The smallest absolute Gasteiger partial charge is 0.252 e. The zero-order chi connectivity index (χ0) is 32.6. The van der Waals surface area contributed by atoms with E-state index in [-0.39, 0.29) is 36.2 Å². The molecule has 10 nitrogen and oxygen atoms in total. The average Bonchev–Trinajstić information content (AvgIpc) is 3.76. The molecule has 2 amide bonds. The highest BCUT2D eigenvalue weighted by Gasteiger charge is 2.54. The zero-order valence-corrected chi connectivity index (χ0v) is 27.9. The maximum absolute atomic E-state index is 14.1. The summed E-state index contributed by atoms with van der Waals surface area (Å²) in [4.78, 5) is 33.8. The molecule has 3 unspecified atom stereocenters. The van der Waals surface area contributed by atoms with Crippen molar-refractivity contribution in [1.82, 2.24) is 24.5 Å². The zero-order valence-electron chi connectivity index (χ0n) is 27.0. The minimum atomic E-state index is -3.78. The van der Waals surface area contributed by atoms with E-state index in [2.05, 4.69) is 22.1 Å². The van der Waals surface area contributed by atoms with E-state index in [1.54, 1.807) is 18.5 Å². The van der Waals surface area contributed by atoms with Crippen LogP contribution < -0.4 is 10.6 Å². The van der Waals surface area contributed by atoms with Gasteiger partial charge in [0.15, 0.2) is 0 Å². The second kappa shape index (κ2) is 12.9. The molecule has 11 heteroatoms. The van der Waals surface area contributed by atoms with E-state index in [0.717, 1.165) is 56.9 Å². The van der Waals surface area contributed by atoms with Crippen LogP contribution in [0.15, 0.2) is 49.3 Å². The average molecular weight is 648 g/mol. The van der Waals surface area contributed by atoms with Crippen LogP contribution in [0.25, 0.3) is 22.0 Å². The lowest BCUT2D eigenvalue weighted by Gasteiger charge is -2.32. The Bertz CT molecular complexity index is 1740. The molecular formula is C35H45N5O5S. The second-order valence-corrected chi connectivity index (χ2v) is 15.6. The van der Waals surface area contributed by atoms with Gasteiger partial charge in [-0.05, 0) is 74.8 Å². The molecule has 246 valence electrons. The number of carbonyl (C=O) groups excluding carboxylic acids is 2. The lowest BCUT2D eigenvalue weighted by atomic mass is 9.84. The SMILES string of the molecule is C=CCC1(S(=O)(=O)n2cc(C)c3c(C(=O)NCC4C(=O)NC(C)CC4C)cc(-c4ccc(CCN5CCOCC5)nc4)cc32)CC1. The number of pyridine rings is 1. The van der Waals surface area contributed by atoms with Gasteiger partial charge >= 0.3 is 0 Å². The van der Waals surface area contributed by atoms with Crippen molar-refractivity contribution >= 4 is 32.7 Å². The molecule has 1 aliphatic carbocycles. The number of hydrogen-bond acceptors (Lipinski definition) is 7. The van der Waals surface area contributed by atoms with Crippen LogP contribution in [0.1, 0.15) is 61.1 Å². The van der Waals surface area contributed by atoms with Crippen LogP contribution >= 0.6 is 0 Å². The monoisotopic (exact) mass is 647 g/mol. The third-order valence-electron chi connectivity index (χ3n) is 10.0. The number of hydrogen-bond donors (Lipinski definition) is 2. The van der Waals surface area contributed by atoms with Crippen molar-refractivity contribution in [1.29, 1.82) is 0 Å². The molecule has 0 bridgehead atoms. The van der Waals surface area contributed by atoms with E-state index in [9.17, 15) is 18.0 Å². The Labute approximate surface area is 271 Å². The summed E-state index contributed by atoms with van der Waals surface area (Å²) in [6.45, 7) is 14.1. The van der Waals surface area contributed by atoms with E-state index >= 15 is 0 Å². The number of morpholine rings is 1. The normalized spacial score (nSPS) is 23.2. The molecule has 6 rings (SSSR count). The first-order valence-electron chi connectivity index (χ1n) is 16.4. The number of aryl methyl sites for hydroxylation is 1. The fourth-order valence-corrected chi connectivity index (χ4v) is 9.13. The van der Waals surface area contributed by atoms with Crippen molar-refractivity contribution in [3.05, 3.63) is 66.1 Å². The minimum Gasteiger partial charge on any atom is -0.379 e. The van der Waals surface area contributed by atoms with Crippen LogP contribution in [-0.2, 0) is 26.0 Å². The van der Waals surface area contributed by atoms with E-state index < -0.39 is 14.8 Å². The van der Waals surface area contributed by atoms with Crippen molar-refractivity contribution in [3.8, 4) is 11.1 Å². The maximum Gasteiger partial charge on any atom is 0.252 e. The summed E-state index contributed by atoms with van der Waals surface area (Å²) < 4.78 is 34.1. The lowest BCUT2D eigenvalue weighted by molar-refractivity contribution is -0.129. The molecule has 46 heavy (non-hydrogen) atoms. The maximum atomic E-state index is 14.1. The fourth-order valence-electron chi connectivity index (χ4n) is 7.07. The Balaban J connectivity index is 1.35. The van der Waals surface area contributed by atoms with Crippen molar-refractivity contribution in [2.45, 2.75) is 63.7 Å². The van der Waals surface area contributed by atoms with Crippen LogP contribution in [0.4, 0.5) is 0 Å². The molecule has 2 saturated heterocycles. The molecule has 0 radical (unpaired) electrons. The van der Waals surface area contributed by atoms with Crippen LogP contribution in [0.2, 0.25) is 0 Å². The Kier molecular flexibility index (Phi) is 9.11. The molecule has 0 spiro atoms. The van der Waals surface area contributed by atoms with Gasteiger partial charge in [0, 0.05) is 73.2 Å². The van der Waals surface area contributed by atoms with E-state index in [1.165, 1.54) is 3.97 Å². The Morgan fingerprint density at radius 3 is 2.61 bits per heavy atom. The molecule has 3 aliphatic rings. The van der Waals surface area contributed by atoms with Crippen molar-refractivity contribution < 1.29 is 22.7 Å². The summed E-state index contributed by atoms with van der Waals surface area (Å²) in [6, 6.07) is 7.74. The molecule has 1 saturated carbocycles. The third-order valence-corrected chi connectivity index (χ3v) is 12.5. The van der Waals surface area contributed by atoms with Crippen LogP contribution in [0.5, 0.6) is 0 Å². The summed E-state index contributed by atoms with van der Waals surface area (Å²) in [5, 5.41) is 6.59. The van der Waals surface area contributed by atoms with Gasteiger partial charge in [0.1, 0.15) is 0 Å². The number of aromatic nitrogens is 2. The highest BCUT2D eigenvalue weighted by Crippen LogP contribution is 2.49. The van der Waals surface area contributed by atoms with Crippen molar-refractivity contribution in [3.63, 3.8) is 0 Å². The van der Waals surface area contributed by atoms with Crippen LogP contribution in [-0.4, -0.2) is 84.3 Å². The van der Waals surface area contributed by atoms with E-state index in [4.69, 9.17) is 9.72 Å². The first kappa shape index (κ1) is 32.4. The number of amides is 2. The molecule has 2 aromatic heterocycles. The summed E-state index contributed by atoms with van der Waals surface area (Å²) in [5.74, 6) is -0.620. The quantitative estimate of drug-likeness (QED) is 0.301. The molecule has 3 fully saturated rings. The number of ether oxygens (including phenoxy) is 1. The van der Waals surface area contributed by atoms with Crippen LogP contribution in [0.3, 0.4) is 0 Å². The summed E-state index contributed by atoms with van der Waals surface area (Å²) in [5.41, 5.74) is 3.98. The standard InChI is InChI=1S/C35H45N5O5S/c1-5-9-35(10-11-35)46(43,44)40-22-24(3)32-29(33(41)37-21-30-23(2)17-25(4)38-34(30)42)18-27(19-31(32)40)26-6-7-28(36-20-26)8-12-39-13-15-45-16-14-39/h5-7,18-20,22-23,25,30H,1,8-17,21H2,2-4H3,(H,37,41)(H,38,42). The molecule has 2 aliphatic heterocycles. The molecule has 1 aromatic carbocycles. The first-order chi connectivity index (χ1) is 22.0.